The van der Waals surface area contributed by atoms with Crippen LogP contribution in [0.2, 0.25) is 5.15 Å². The second kappa shape index (κ2) is 5.35. The molecular formula is C15H11ClN2O2S. The van der Waals surface area contributed by atoms with Crippen LogP contribution in [0.15, 0.2) is 65.7 Å². The summed E-state index contributed by atoms with van der Waals surface area (Å²) >= 11 is 5.84. The maximum Gasteiger partial charge on any atom is 0.264 e. The lowest BCUT2D eigenvalue weighted by molar-refractivity contribution is 0.601. The molecule has 0 aliphatic heterocycles. The van der Waals surface area contributed by atoms with Crippen molar-refractivity contribution in [1.29, 1.82) is 0 Å². The topological polar surface area (TPSA) is 59.1 Å². The van der Waals surface area contributed by atoms with E-state index in [0.717, 1.165) is 10.8 Å². The Labute approximate surface area is 127 Å². The zero-order valence-electron chi connectivity index (χ0n) is 10.8. The second-order valence-corrected chi connectivity index (χ2v) is 6.47. The number of benzene rings is 2. The van der Waals surface area contributed by atoms with E-state index in [0.29, 0.717) is 5.69 Å². The number of rotatable bonds is 3. The number of hydrogen-bond acceptors (Lipinski definition) is 3. The molecule has 21 heavy (non-hydrogen) atoms. The zero-order valence-corrected chi connectivity index (χ0v) is 12.4. The van der Waals surface area contributed by atoms with Gasteiger partial charge in [-0.1, -0.05) is 41.9 Å². The van der Waals surface area contributed by atoms with Gasteiger partial charge < -0.3 is 0 Å². The van der Waals surface area contributed by atoms with Gasteiger partial charge in [0.25, 0.3) is 10.0 Å². The molecule has 0 spiro atoms. The number of anilines is 1. The number of hydrogen-bond donors (Lipinski definition) is 1. The minimum Gasteiger partial charge on any atom is -0.280 e. The molecule has 0 aliphatic rings. The van der Waals surface area contributed by atoms with Crippen LogP contribution in [0.5, 0.6) is 0 Å². The highest BCUT2D eigenvalue weighted by Gasteiger charge is 2.18. The monoisotopic (exact) mass is 318 g/mol. The summed E-state index contributed by atoms with van der Waals surface area (Å²) < 4.78 is 27.2. The summed E-state index contributed by atoms with van der Waals surface area (Å²) in [6.07, 6.45) is 1.44. The Balaban J connectivity index is 1.99. The van der Waals surface area contributed by atoms with E-state index in [1.807, 2.05) is 30.3 Å². The van der Waals surface area contributed by atoms with Crippen LogP contribution in [0, 0.1) is 0 Å². The average molecular weight is 319 g/mol. The van der Waals surface area contributed by atoms with Gasteiger partial charge in [0.1, 0.15) is 10.0 Å². The molecule has 2 aromatic carbocycles. The zero-order chi connectivity index (χ0) is 14.9. The molecular weight excluding hydrogens is 308 g/mol. The van der Waals surface area contributed by atoms with Gasteiger partial charge in [-0.25, -0.2) is 13.4 Å². The van der Waals surface area contributed by atoms with Crippen LogP contribution >= 0.6 is 11.6 Å². The van der Waals surface area contributed by atoms with Gasteiger partial charge in [0, 0.05) is 11.9 Å². The predicted octanol–water partition coefficient (Wildman–Crippen LogP) is 3.69. The van der Waals surface area contributed by atoms with Crippen molar-refractivity contribution in [3.8, 4) is 0 Å². The van der Waals surface area contributed by atoms with Gasteiger partial charge in [0.15, 0.2) is 0 Å². The van der Waals surface area contributed by atoms with Crippen molar-refractivity contribution in [1.82, 2.24) is 4.98 Å². The van der Waals surface area contributed by atoms with Crippen LogP contribution < -0.4 is 4.72 Å². The molecule has 106 valence electrons. The van der Waals surface area contributed by atoms with Crippen LogP contribution in [-0.2, 0) is 10.0 Å². The summed E-state index contributed by atoms with van der Waals surface area (Å²) in [5, 5.41) is 1.95. The van der Waals surface area contributed by atoms with E-state index < -0.39 is 10.0 Å². The number of aromatic nitrogens is 1. The van der Waals surface area contributed by atoms with E-state index in [2.05, 4.69) is 9.71 Å². The van der Waals surface area contributed by atoms with E-state index in [1.54, 1.807) is 12.1 Å². The highest BCUT2D eigenvalue weighted by Crippen LogP contribution is 2.24. The van der Waals surface area contributed by atoms with Crippen molar-refractivity contribution in [2.24, 2.45) is 0 Å². The summed E-state index contributed by atoms with van der Waals surface area (Å²) in [5.74, 6) is 0. The third-order valence-electron chi connectivity index (χ3n) is 3.02. The molecule has 0 atom stereocenters. The summed E-state index contributed by atoms with van der Waals surface area (Å²) in [4.78, 5) is 3.74. The number of pyridine rings is 1. The fourth-order valence-corrected chi connectivity index (χ4v) is 3.54. The first kappa shape index (κ1) is 13.9. The number of halogens is 1. The van der Waals surface area contributed by atoms with Crippen molar-refractivity contribution in [3.05, 3.63) is 65.9 Å². The van der Waals surface area contributed by atoms with E-state index in [-0.39, 0.29) is 10.0 Å². The predicted molar refractivity (Wildman–Crippen MR) is 84.0 cm³/mol. The maximum absolute atomic E-state index is 12.3. The average Bonchev–Trinajstić information content (AvgIpc) is 2.47. The van der Waals surface area contributed by atoms with E-state index in [9.17, 15) is 8.42 Å². The number of sulfonamides is 1. The first-order valence-electron chi connectivity index (χ1n) is 6.18. The van der Waals surface area contributed by atoms with Crippen LogP contribution in [0.3, 0.4) is 0 Å². The molecule has 0 saturated carbocycles. The minimum absolute atomic E-state index is 0.0418. The number of fused-ring (bicyclic) bond motifs is 1. The van der Waals surface area contributed by atoms with Crippen molar-refractivity contribution in [2.75, 3.05) is 4.72 Å². The van der Waals surface area contributed by atoms with E-state index in [4.69, 9.17) is 11.6 Å². The van der Waals surface area contributed by atoms with Crippen molar-refractivity contribution in [3.63, 3.8) is 0 Å². The van der Waals surface area contributed by atoms with Gasteiger partial charge in [0.05, 0.1) is 0 Å². The lowest BCUT2D eigenvalue weighted by Gasteiger charge is -2.09. The summed E-state index contributed by atoms with van der Waals surface area (Å²) in [6.45, 7) is 0. The maximum atomic E-state index is 12.3. The van der Waals surface area contributed by atoms with Crippen molar-refractivity contribution < 1.29 is 8.42 Å². The molecule has 6 heteroatoms. The molecule has 3 aromatic rings. The van der Waals surface area contributed by atoms with Gasteiger partial charge in [-0.05, 0) is 35.0 Å². The lowest BCUT2D eigenvalue weighted by atomic mass is 10.1. The van der Waals surface area contributed by atoms with Gasteiger partial charge >= 0.3 is 0 Å². The van der Waals surface area contributed by atoms with Crippen molar-refractivity contribution in [2.45, 2.75) is 4.90 Å². The third-order valence-corrected chi connectivity index (χ3v) is 4.84. The Kier molecular flexibility index (Phi) is 3.53. The van der Waals surface area contributed by atoms with Gasteiger partial charge in [-0.3, -0.25) is 4.72 Å². The Hall–Kier alpha value is -2.11. The molecule has 0 aliphatic carbocycles. The largest absolute Gasteiger partial charge is 0.280 e. The standard InChI is InChI=1S/C15H11ClN2O2S/c16-15-14(6-3-9-17-15)21(19,20)18-13-8-7-11-4-1-2-5-12(11)10-13/h1-10,18H. The lowest BCUT2D eigenvalue weighted by Crippen LogP contribution is -2.13. The molecule has 0 saturated heterocycles. The minimum atomic E-state index is -3.76. The molecule has 0 unspecified atom stereocenters. The van der Waals surface area contributed by atoms with Gasteiger partial charge in [0.2, 0.25) is 0 Å². The highest BCUT2D eigenvalue weighted by atomic mass is 35.5. The molecule has 3 rings (SSSR count). The molecule has 1 heterocycles. The van der Waals surface area contributed by atoms with E-state index in [1.165, 1.54) is 18.3 Å². The van der Waals surface area contributed by atoms with Crippen LogP contribution in [0.4, 0.5) is 5.69 Å². The molecule has 0 radical (unpaired) electrons. The first-order chi connectivity index (χ1) is 10.1. The fourth-order valence-electron chi connectivity index (χ4n) is 2.03. The third kappa shape index (κ3) is 2.84. The van der Waals surface area contributed by atoms with Gasteiger partial charge in [-0.2, -0.15) is 0 Å². The Morgan fingerprint density at radius 2 is 1.71 bits per heavy atom. The van der Waals surface area contributed by atoms with E-state index >= 15 is 0 Å². The molecule has 0 fully saturated rings. The summed E-state index contributed by atoms with van der Waals surface area (Å²) in [6, 6.07) is 16.0. The molecule has 1 N–H and O–H groups in total. The summed E-state index contributed by atoms with van der Waals surface area (Å²) in [5.41, 5.74) is 0.480. The SMILES string of the molecule is O=S(=O)(Nc1ccc2ccccc2c1)c1cccnc1Cl. The molecule has 0 amide bonds. The molecule has 1 aromatic heterocycles. The van der Waals surface area contributed by atoms with Crippen LogP contribution in [0.25, 0.3) is 10.8 Å². The quantitative estimate of drug-likeness (QED) is 0.749. The number of nitrogens with one attached hydrogen (secondary N) is 1. The molecule has 4 nitrogen and oxygen atoms in total. The van der Waals surface area contributed by atoms with Crippen LogP contribution in [-0.4, -0.2) is 13.4 Å². The van der Waals surface area contributed by atoms with Gasteiger partial charge in [-0.15, -0.1) is 0 Å². The second-order valence-electron chi connectivity index (χ2n) is 4.46. The normalized spacial score (nSPS) is 11.5. The van der Waals surface area contributed by atoms with Crippen LogP contribution in [0.1, 0.15) is 0 Å². The van der Waals surface area contributed by atoms with Crippen molar-refractivity contribution >= 4 is 38.1 Å². The fraction of sp³-hybridized carbons (Fsp3) is 0. The highest BCUT2D eigenvalue weighted by molar-refractivity contribution is 7.92. The Morgan fingerprint density at radius 1 is 0.952 bits per heavy atom. The summed E-state index contributed by atoms with van der Waals surface area (Å²) in [7, 11) is -3.76. The smallest absolute Gasteiger partial charge is 0.264 e. The Morgan fingerprint density at radius 3 is 2.48 bits per heavy atom. The number of nitrogens with zero attached hydrogens (tertiary/aromatic N) is 1. The molecule has 0 bridgehead atoms. The Bertz CT molecular complexity index is 910. The first-order valence-corrected chi connectivity index (χ1v) is 8.04.